The predicted octanol–water partition coefficient (Wildman–Crippen LogP) is -0.567. The van der Waals surface area contributed by atoms with E-state index in [-0.39, 0.29) is 61.8 Å². The fraction of sp³-hybridized carbons (Fsp3) is 0.800. The van der Waals surface area contributed by atoms with Gasteiger partial charge in [0, 0.05) is 44.1 Å². The first kappa shape index (κ1) is 14.4. The summed E-state index contributed by atoms with van der Waals surface area (Å²) in [6.07, 6.45) is -1.41. The molecule has 87 valence electrons. The molecule has 0 aromatic rings. The van der Waals surface area contributed by atoms with Gasteiger partial charge in [-0.1, -0.05) is 13.8 Å². The van der Waals surface area contributed by atoms with Gasteiger partial charge in [-0.25, -0.2) is 4.79 Å². The second-order valence-corrected chi connectivity index (χ2v) is 4.66. The first-order valence-corrected chi connectivity index (χ1v) is 5.12. The van der Waals surface area contributed by atoms with Gasteiger partial charge in [0.2, 0.25) is 11.4 Å². The smallest absolute Gasteiger partial charge is 0.338 e. The third kappa shape index (κ3) is 1.65. The minimum atomic E-state index is -1.19. The number of carbonyl (C=O) groups is 2. The molecule has 2 aliphatic heterocycles. The molecule has 6 heteroatoms. The molecule has 0 unspecified atom stereocenters. The minimum absolute atomic E-state index is 0. The topological polar surface area (TPSA) is 75.6 Å². The third-order valence-electron chi connectivity index (χ3n) is 3.32. The van der Waals surface area contributed by atoms with Crippen LogP contribution in [0.5, 0.6) is 0 Å². The predicted molar refractivity (Wildman–Crippen MR) is 50.8 cm³/mol. The number of esters is 1. The third-order valence-corrected chi connectivity index (χ3v) is 3.32. The Bertz CT molecular complexity index is 333. The molecule has 0 saturated carbocycles. The normalized spacial score (nSPS) is 38.1. The van der Waals surface area contributed by atoms with Gasteiger partial charge in [0.25, 0.3) is 0 Å². The summed E-state index contributed by atoms with van der Waals surface area (Å²) in [7, 11) is 0. The van der Waals surface area contributed by atoms with Crippen LogP contribution in [0.3, 0.4) is 0 Å². The zero-order valence-electron chi connectivity index (χ0n) is 9.56. The van der Waals surface area contributed by atoms with Gasteiger partial charge in [-0.05, 0) is 12.8 Å². The van der Waals surface area contributed by atoms with Crippen LogP contribution in [0.25, 0.3) is 0 Å². The quantitative estimate of drug-likeness (QED) is 0.565. The van der Waals surface area contributed by atoms with Crippen molar-refractivity contribution >= 4 is 11.9 Å². The summed E-state index contributed by atoms with van der Waals surface area (Å²) in [5.74, 6) is -1.24. The Morgan fingerprint density at radius 1 is 1.44 bits per heavy atom. The van der Waals surface area contributed by atoms with E-state index >= 15 is 0 Å². The maximum Gasteiger partial charge on any atom is 0.338 e. The van der Waals surface area contributed by atoms with Crippen molar-refractivity contribution in [2.45, 2.75) is 38.5 Å². The minimum Gasteiger partial charge on any atom is -0.456 e. The largest absolute Gasteiger partial charge is 0.456 e. The molecule has 2 saturated heterocycles. The molecule has 0 aromatic heterocycles. The van der Waals surface area contributed by atoms with Crippen LogP contribution in [0, 0.1) is 55.9 Å². The van der Waals surface area contributed by atoms with Crippen LogP contribution in [0.1, 0.15) is 20.8 Å². The van der Waals surface area contributed by atoms with Crippen molar-refractivity contribution in [1.29, 1.82) is 0 Å². The Kier molecular flexibility index (Phi) is 4.09. The van der Waals surface area contributed by atoms with Crippen LogP contribution in [0.2, 0.25) is 0 Å². The number of nitrogens with one attached hydrogen (secondary N) is 1. The molecule has 2 fully saturated rings. The molecule has 4 atom stereocenters. The Hall–Kier alpha value is 0.342. The summed E-state index contributed by atoms with van der Waals surface area (Å²) in [5.41, 5.74) is -1.19. The standard InChI is InChI=1S/C10H15NO4.Ac/c1-4(2)6(12)10-7(15-9(10)14)5(3)8(13)11-10;/h4-7,12H,1-3H3,(H,11,13);/t5-,6+,7+,10-;/m1./s1. The van der Waals surface area contributed by atoms with Crippen molar-refractivity contribution in [3.63, 3.8) is 0 Å². The molecule has 0 aliphatic carbocycles. The van der Waals surface area contributed by atoms with Gasteiger partial charge in [-0.2, -0.15) is 0 Å². The van der Waals surface area contributed by atoms with Crippen LogP contribution >= 0.6 is 0 Å². The molecule has 0 bridgehead atoms. The number of hydrogen-bond donors (Lipinski definition) is 2. The van der Waals surface area contributed by atoms with E-state index in [1.807, 2.05) is 0 Å². The van der Waals surface area contributed by atoms with Gasteiger partial charge < -0.3 is 15.2 Å². The number of aliphatic hydroxyl groups is 1. The van der Waals surface area contributed by atoms with Crippen molar-refractivity contribution in [2.24, 2.45) is 11.8 Å². The second kappa shape index (κ2) is 4.55. The summed E-state index contributed by atoms with van der Waals surface area (Å²) in [6.45, 7) is 5.30. The van der Waals surface area contributed by atoms with E-state index in [1.54, 1.807) is 20.8 Å². The van der Waals surface area contributed by atoms with Crippen LogP contribution < -0.4 is 5.32 Å². The van der Waals surface area contributed by atoms with E-state index in [0.717, 1.165) is 0 Å². The summed E-state index contributed by atoms with van der Waals surface area (Å²) in [6, 6.07) is 0. The number of rotatable bonds is 2. The van der Waals surface area contributed by atoms with Gasteiger partial charge in [0.1, 0.15) is 6.10 Å². The molecule has 5 nitrogen and oxygen atoms in total. The molecule has 1 radical (unpaired) electrons. The number of hydrogen-bond acceptors (Lipinski definition) is 4. The first-order chi connectivity index (χ1) is 6.91. The summed E-state index contributed by atoms with van der Waals surface area (Å²) < 4.78 is 4.94. The van der Waals surface area contributed by atoms with Gasteiger partial charge in [0.05, 0.1) is 12.0 Å². The van der Waals surface area contributed by atoms with E-state index in [9.17, 15) is 14.7 Å². The maximum atomic E-state index is 11.5. The Balaban J connectivity index is 0.00000128. The van der Waals surface area contributed by atoms with Crippen LogP contribution in [-0.2, 0) is 14.3 Å². The Morgan fingerprint density at radius 2 is 2.00 bits per heavy atom. The average molecular weight is 440 g/mol. The SMILES string of the molecule is CC(C)[C@H](O)[C@@]12NC(=O)[C@H](C)[C@@H]1OC2=O.[Ac]. The average Bonchev–Trinajstić information content (AvgIpc) is 2.37. The Morgan fingerprint density at radius 3 is 2.38 bits per heavy atom. The van der Waals surface area contributed by atoms with Gasteiger partial charge in [-0.15, -0.1) is 0 Å². The fourth-order valence-corrected chi connectivity index (χ4v) is 2.33. The summed E-state index contributed by atoms with van der Waals surface area (Å²) >= 11 is 0. The second-order valence-electron chi connectivity index (χ2n) is 4.66. The molecule has 2 N–H and O–H groups in total. The van der Waals surface area contributed by atoms with Crippen molar-refractivity contribution in [3.05, 3.63) is 0 Å². The van der Waals surface area contributed by atoms with E-state index in [0.29, 0.717) is 0 Å². The van der Waals surface area contributed by atoms with Crippen LogP contribution in [0.15, 0.2) is 0 Å². The Labute approximate surface area is 130 Å². The van der Waals surface area contributed by atoms with E-state index in [1.165, 1.54) is 0 Å². The van der Waals surface area contributed by atoms with E-state index in [4.69, 9.17) is 4.74 Å². The summed E-state index contributed by atoms with van der Waals surface area (Å²) in [4.78, 5) is 22.9. The number of aliphatic hydroxyl groups excluding tert-OH is 1. The number of ether oxygens (including phenoxy) is 1. The molecule has 0 aromatic carbocycles. The number of carbonyl (C=O) groups excluding carboxylic acids is 2. The summed E-state index contributed by atoms with van der Waals surface area (Å²) in [5, 5.41) is 12.6. The molecule has 0 spiro atoms. The zero-order valence-corrected chi connectivity index (χ0v) is 14.3. The monoisotopic (exact) mass is 440 g/mol. The molecule has 16 heavy (non-hydrogen) atoms. The van der Waals surface area contributed by atoms with Crippen molar-refractivity contribution in [2.75, 3.05) is 0 Å². The van der Waals surface area contributed by atoms with Crippen molar-refractivity contribution in [3.8, 4) is 0 Å². The molecular weight excluding hydrogens is 425 g/mol. The van der Waals surface area contributed by atoms with Gasteiger partial charge in [0.15, 0.2) is 0 Å². The number of fused-ring (bicyclic) bond motifs is 1. The molecular formula is C10H15AcNO4. The van der Waals surface area contributed by atoms with Crippen molar-refractivity contribution in [1.82, 2.24) is 5.32 Å². The fourth-order valence-electron chi connectivity index (χ4n) is 2.33. The van der Waals surface area contributed by atoms with Gasteiger partial charge in [-0.3, -0.25) is 4.79 Å². The maximum absolute atomic E-state index is 11.5. The molecule has 2 heterocycles. The van der Waals surface area contributed by atoms with Crippen LogP contribution in [0.4, 0.5) is 0 Å². The first-order valence-electron chi connectivity index (χ1n) is 5.12. The molecule has 1 amide bonds. The zero-order chi connectivity index (χ0) is 11.4. The van der Waals surface area contributed by atoms with Crippen LogP contribution in [-0.4, -0.2) is 34.7 Å². The van der Waals surface area contributed by atoms with Gasteiger partial charge >= 0.3 is 5.97 Å². The van der Waals surface area contributed by atoms with E-state index in [2.05, 4.69) is 5.32 Å². The number of amides is 1. The molecule has 2 rings (SSSR count). The molecule has 2 aliphatic rings. The van der Waals surface area contributed by atoms with E-state index < -0.39 is 23.7 Å². The van der Waals surface area contributed by atoms with Crippen molar-refractivity contribution < 1.29 is 63.5 Å².